The molecule has 0 aliphatic heterocycles. The maximum absolute atomic E-state index is 14.1. The van der Waals surface area contributed by atoms with Crippen molar-refractivity contribution in [3.05, 3.63) is 74.7 Å². The van der Waals surface area contributed by atoms with E-state index in [2.05, 4.69) is 0 Å². The number of aromatic hydroxyl groups is 3. The number of Topliss-reactive ketones (excluding diaryl/α,β-unsaturated/α-hetero) is 4. The van der Waals surface area contributed by atoms with E-state index in [4.69, 9.17) is 4.74 Å². The number of phenols is 3. The molecule has 208 valence electrons. The van der Waals surface area contributed by atoms with Crippen LogP contribution in [0.3, 0.4) is 0 Å². The Morgan fingerprint density at radius 3 is 2.22 bits per heavy atom. The SMILES string of the molecule is C/C=C/C=C/c1cc2cc3c(c(O)c2c(=O)n1C)C1(CC3)C(=O)C2C(=O)c3c(O)cc(OC)c(O)c3C(=O)C2C1=O. The molecule has 3 aliphatic carbocycles. The molecule has 0 saturated heterocycles. The Morgan fingerprint density at radius 1 is 0.927 bits per heavy atom. The zero-order valence-corrected chi connectivity index (χ0v) is 22.3. The maximum Gasteiger partial charge on any atom is 0.262 e. The smallest absolute Gasteiger partial charge is 0.262 e. The first-order valence-corrected chi connectivity index (χ1v) is 13.0. The first kappa shape index (κ1) is 26.2. The van der Waals surface area contributed by atoms with Crippen LogP contribution in [0.5, 0.6) is 23.0 Å². The molecule has 2 aromatic carbocycles. The van der Waals surface area contributed by atoms with Gasteiger partial charge >= 0.3 is 0 Å². The zero-order chi connectivity index (χ0) is 29.5. The Balaban J connectivity index is 1.56. The van der Waals surface area contributed by atoms with Crippen LogP contribution in [0.15, 0.2) is 41.2 Å². The molecule has 1 spiro atoms. The second kappa shape index (κ2) is 8.76. The summed E-state index contributed by atoms with van der Waals surface area (Å²) < 4.78 is 6.32. The second-order valence-electron chi connectivity index (χ2n) is 10.6. The Bertz CT molecular complexity index is 1890. The van der Waals surface area contributed by atoms with Crippen molar-refractivity contribution in [2.24, 2.45) is 18.9 Å². The van der Waals surface area contributed by atoms with Crippen molar-refractivity contribution in [3.63, 3.8) is 0 Å². The average molecular weight is 556 g/mol. The fourth-order valence-corrected chi connectivity index (χ4v) is 6.75. The summed E-state index contributed by atoms with van der Waals surface area (Å²) in [4.78, 5) is 68.9. The number of hydrogen-bond acceptors (Lipinski definition) is 9. The molecule has 41 heavy (non-hydrogen) atoms. The van der Waals surface area contributed by atoms with E-state index in [1.54, 1.807) is 30.4 Å². The molecule has 0 amide bonds. The molecule has 3 N–H and O–H groups in total. The number of aromatic nitrogens is 1. The minimum atomic E-state index is -2.04. The molecule has 0 bridgehead atoms. The predicted octanol–water partition coefficient (Wildman–Crippen LogP) is 2.90. The number of nitrogens with zero attached hydrogens (tertiary/aromatic N) is 1. The van der Waals surface area contributed by atoms with Crippen LogP contribution in [-0.4, -0.2) is 50.1 Å². The number of allylic oxidation sites excluding steroid dienone is 3. The summed E-state index contributed by atoms with van der Waals surface area (Å²) in [6.45, 7) is 1.85. The van der Waals surface area contributed by atoms with Crippen LogP contribution in [0.1, 0.15) is 50.9 Å². The number of phenolic OH excluding ortho intramolecular Hbond substituents is 3. The molecule has 3 aliphatic rings. The molecule has 1 heterocycles. The van der Waals surface area contributed by atoms with Crippen molar-refractivity contribution >= 4 is 40.0 Å². The number of aryl methyl sites for hydroxylation is 1. The van der Waals surface area contributed by atoms with Gasteiger partial charge in [-0.3, -0.25) is 24.0 Å². The van der Waals surface area contributed by atoms with E-state index in [0.29, 0.717) is 16.6 Å². The minimum absolute atomic E-state index is 0.0700. The molecule has 3 unspecified atom stereocenters. The van der Waals surface area contributed by atoms with Gasteiger partial charge in [0.2, 0.25) is 0 Å². The molecule has 6 rings (SSSR count). The lowest BCUT2D eigenvalue weighted by molar-refractivity contribution is -0.130. The van der Waals surface area contributed by atoms with E-state index >= 15 is 0 Å². The Hall–Kier alpha value is -4.99. The molecule has 10 nitrogen and oxygen atoms in total. The van der Waals surface area contributed by atoms with E-state index in [0.717, 1.165) is 6.07 Å². The standard InChI is InChI=1S/C31H25NO9/c1-4-5-6-7-15-11-14-10-13-8-9-31(23(13)27(37)18(14)30(40)32(15)2)28(38)21-22(29(31)39)26(36)20-19(25(21)35)16(33)12-17(41-3)24(20)34/h4-7,10-12,21-22,33-34,37H,8-9H2,1-3H3/b5-4+,7-6+. The van der Waals surface area contributed by atoms with Crippen molar-refractivity contribution in [2.45, 2.75) is 25.2 Å². The van der Waals surface area contributed by atoms with Gasteiger partial charge in [-0.1, -0.05) is 24.3 Å². The van der Waals surface area contributed by atoms with Crippen LogP contribution in [0.4, 0.5) is 0 Å². The highest BCUT2D eigenvalue weighted by atomic mass is 16.5. The highest BCUT2D eigenvalue weighted by Crippen LogP contribution is 2.57. The molecule has 10 heteroatoms. The molecule has 3 atom stereocenters. The number of rotatable bonds is 3. The normalized spacial score (nSPS) is 23.3. The summed E-state index contributed by atoms with van der Waals surface area (Å²) in [7, 11) is 2.72. The Kier molecular flexibility index (Phi) is 5.60. The van der Waals surface area contributed by atoms with Gasteiger partial charge in [0, 0.05) is 24.4 Å². The third kappa shape index (κ3) is 3.15. The van der Waals surface area contributed by atoms with E-state index < -0.39 is 74.3 Å². The first-order chi connectivity index (χ1) is 19.5. The van der Waals surface area contributed by atoms with Gasteiger partial charge in [-0.05, 0) is 42.9 Å². The van der Waals surface area contributed by atoms with E-state index in [9.17, 15) is 39.3 Å². The van der Waals surface area contributed by atoms with Crippen LogP contribution in [0.2, 0.25) is 0 Å². The lowest BCUT2D eigenvalue weighted by Gasteiger charge is -2.25. The molecule has 0 radical (unpaired) electrons. The molecular weight excluding hydrogens is 530 g/mol. The van der Waals surface area contributed by atoms with Crippen LogP contribution in [-0.2, 0) is 28.5 Å². The number of pyridine rings is 1. The number of carbonyl (C=O) groups is 4. The minimum Gasteiger partial charge on any atom is -0.507 e. The number of carbonyl (C=O) groups excluding carboxylic acids is 4. The van der Waals surface area contributed by atoms with Gasteiger partial charge in [-0.2, -0.15) is 0 Å². The van der Waals surface area contributed by atoms with Gasteiger partial charge < -0.3 is 24.6 Å². The fraction of sp³-hybridized carbons (Fsp3) is 0.258. The van der Waals surface area contributed by atoms with Gasteiger partial charge in [-0.25, -0.2) is 0 Å². The summed E-state index contributed by atoms with van der Waals surface area (Å²) in [5.41, 5.74) is -2.78. The van der Waals surface area contributed by atoms with Gasteiger partial charge in [0.25, 0.3) is 5.56 Å². The van der Waals surface area contributed by atoms with Crippen molar-refractivity contribution < 1.29 is 39.2 Å². The van der Waals surface area contributed by atoms with Gasteiger partial charge in [0.15, 0.2) is 34.6 Å². The summed E-state index contributed by atoms with van der Waals surface area (Å²) in [5.74, 6) is -9.43. The fourth-order valence-electron chi connectivity index (χ4n) is 6.75. The maximum atomic E-state index is 14.1. The van der Waals surface area contributed by atoms with E-state index in [1.807, 2.05) is 13.0 Å². The van der Waals surface area contributed by atoms with Crippen molar-refractivity contribution in [1.82, 2.24) is 4.57 Å². The molecule has 1 aromatic heterocycles. The predicted molar refractivity (Wildman–Crippen MR) is 147 cm³/mol. The summed E-state index contributed by atoms with van der Waals surface area (Å²) in [5, 5.41) is 33.0. The number of methoxy groups -OCH3 is 1. The van der Waals surface area contributed by atoms with E-state index in [1.165, 1.54) is 18.7 Å². The number of ketones is 4. The topological polar surface area (TPSA) is 160 Å². The lowest BCUT2D eigenvalue weighted by atomic mass is 9.74. The highest BCUT2D eigenvalue weighted by molar-refractivity contribution is 6.40. The summed E-state index contributed by atoms with van der Waals surface area (Å²) in [6.07, 6.45) is 7.19. The quantitative estimate of drug-likeness (QED) is 0.251. The number of hydrogen-bond donors (Lipinski definition) is 3. The number of fused-ring (bicyclic) bond motifs is 5. The van der Waals surface area contributed by atoms with Crippen LogP contribution in [0, 0.1) is 11.8 Å². The van der Waals surface area contributed by atoms with Crippen LogP contribution in [0.25, 0.3) is 16.8 Å². The summed E-state index contributed by atoms with van der Waals surface area (Å²) in [6, 6.07) is 4.32. The van der Waals surface area contributed by atoms with Crippen molar-refractivity contribution in [2.75, 3.05) is 7.11 Å². The zero-order valence-electron chi connectivity index (χ0n) is 22.3. The molecule has 1 fully saturated rings. The average Bonchev–Trinajstić information content (AvgIpc) is 3.43. The number of ether oxygens (including phenoxy) is 1. The number of benzene rings is 2. The molecular formula is C31H25NO9. The highest BCUT2D eigenvalue weighted by Gasteiger charge is 2.69. The van der Waals surface area contributed by atoms with Crippen molar-refractivity contribution in [1.29, 1.82) is 0 Å². The van der Waals surface area contributed by atoms with Gasteiger partial charge in [-0.15, -0.1) is 0 Å². The second-order valence-corrected chi connectivity index (χ2v) is 10.6. The van der Waals surface area contributed by atoms with Crippen LogP contribution < -0.4 is 10.3 Å². The van der Waals surface area contributed by atoms with Crippen molar-refractivity contribution in [3.8, 4) is 23.0 Å². The monoisotopic (exact) mass is 555 g/mol. The Morgan fingerprint density at radius 2 is 1.59 bits per heavy atom. The van der Waals surface area contributed by atoms with E-state index in [-0.39, 0.29) is 29.5 Å². The molecule has 3 aromatic rings. The Labute approximate surface area is 232 Å². The third-order valence-corrected chi connectivity index (χ3v) is 8.65. The first-order valence-electron chi connectivity index (χ1n) is 13.0. The largest absolute Gasteiger partial charge is 0.507 e. The third-order valence-electron chi connectivity index (χ3n) is 8.65. The lowest BCUT2D eigenvalue weighted by Crippen LogP contribution is -2.38. The van der Waals surface area contributed by atoms with Gasteiger partial charge in [0.05, 0.1) is 35.5 Å². The van der Waals surface area contributed by atoms with Gasteiger partial charge in [0.1, 0.15) is 16.9 Å². The molecule has 1 saturated carbocycles. The summed E-state index contributed by atoms with van der Waals surface area (Å²) >= 11 is 0. The van der Waals surface area contributed by atoms with Crippen LogP contribution >= 0.6 is 0 Å².